The van der Waals surface area contributed by atoms with Crippen LogP contribution in [0.25, 0.3) is 67.3 Å². The Bertz CT molecular complexity index is 2200. The molecular weight excluding hydrogens is 581 g/mol. The lowest BCUT2D eigenvalue weighted by molar-refractivity contribution is 0.353. The van der Waals surface area contributed by atoms with Crippen molar-refractivity contribution in [3.8, 4) is 67.3 Å². The third-order valence-corrected chi connectivity index (χ3v) is 10.5. The molecule has 0 unspecified atom stereocenters. The number of nitrogens with zero attached hydrogens (tertiary/aromatic N) is 2. The molecule has 1 spiro atoms. The zero-order valence-electron chi connectivity index (χ0n) is 26.9. The van der Waals surface area contributed by atoms with Crippen LogP contribution >= 0.6 is 0 Å². The molecule has 0 amide bonds. The van der Waals surface area contributed by atoms with Crippen molar-refractivity contribution in [3.05, 3.63) is 169 Å². The molecule has 2 heteroatoms. The highest BCUT2D eigenvalue weighted by Crippen LogP contribution is 2.57. The number of rotatable bonds is 5. The predicted molar refractivity (Wildman–Crippen MR) is 199 cm³/mol. The van der Waals surface area contributed by atoms with E-state index < -0.39 is 0 Å². The second-order valence-electron chi connectivity index (χ2n) is 13.3. The highest BCUT2D eigenvalue weighted by Gasteiger charge is 2.44. The Kier molecular flexibility index (Phi) is 7.08. The van der Waals surface area contributed by atoms with E-state index in [4.69, 9.17) is 9.97 Å². The molecule has 0 saturated heterocycles. The van der Waals surface area contributed by atoms with E-state index in [2.05, 4.69) is 146 Å². The summed E-state index contributed by atoms with van der Waals surface area (Å²) in [5, 5.41) is 0. The fourth-order valence-corrected chi connectivity index (χ4v) is 8.23. The average Bonchev–Trinajstić information content (AvgIpc) is 3.44. The van der Waals surface area contributed by atoms with Crippen LogP contribution in [-0.2, 0) is 5.41 Å². The smallest absolute Gasteiger partial charge is 0.160 e. The van der Waals surface area contributed by atoms with Crippen molar-refractivity contribution in [2.24, 2.45) is 0 Å². The van der Waals surface area contributed by atoms with Gasteiger partial charge in [0.2, 0.25) is 0 Å². The molecule has 0 atom stereocenters. The molecule has 0 N–H and O–H groups in total. The minimum Gasteiger partial charge on any atom is -0.228 e. The van der Waals surface area contributed by atoms with Gasteiger partial charge in [0, 0.05) is 22.1 Å². The first kappa shape index (κ1) is 28.6. The first-order valence-corrected chi connectivity index (χ1v) is 17.2. The maximum Gasteiger partial charge on any atom is 0.160 e. The molecule has 2 nitrogen and oxygen atoms in total. The van der Waals surface area contributed by atoms with Gasteiger partial charge in [0.05, 0.1) is 11.4 Å². The van der Waals surface area contributed by atoms with Gasteiger partial charge in [-0.1, -0.05) is 159 Å². The molecule has 9 rings (SSSR count). The summed E-state index contributed by atoms with van der Waals surface area (Å²) in [4.78, 5) is 10.2. The van der Waals surface area contributed by atoms with E-state index in [1.54, 1.807) is 0 Å². The third-order valence-electron chi connectivity index (χ3n) is 10.5. The van der Waals surface area contributed by atoms with Crippen molar-refractivity contribution in [1.82, 2.24) is 9.97 Å². The van der Waals surface area contributed by atoms with Crippen LogP contribution in [0.5, 0.6) is 0 Å². The summed E-state index contributed by atoms with van der Waals surface area (Å²) < 4.78 is 0. The first-order chi connectivity index (χ1) is 23.8. The Balaban J connectivity index is 1.14. The first-order valence-electron chi connectivity index (χ1n) is 17.2. The second kappa shape index (κ2) is 11.9. The van der Waals surface area contributed by atoms with Gasteiger partial charge in [-0.2, -0.15) is 0 Å². The van der Waals surface area contributed by atoms with E-state index in [-0.39, 0.29) is 5.41 Å². The van der Waals surface area contributed by atoms with E-state index >= 15 is 0 Å². The van der Waals surface area contributed by atoms with Crippen LogP contribution in [0.15, 0.2) is 158 Å². The molecular formula is C46H36N2. The van der Waals surface area contributed by atoms with Crippen LogP contribution in [0.4, 0.5) is 0 Å². The largest absolute Gasteiger partial charge is 0.228 e. The van der Waals surface area contributed by atoms with E-state index in [1.165, 1.54) is 71.0 Å². The van der Waals surface area contributed by atoms with Crippen molar-refractivity contribution in [2.45, 2.75) is 37.5 Å². The lowest BCUT2D eigenvalue weighted by atomic mass is 9.68. The summed E-state index contributed by atoms with van der Waals surface area (Å²) in [5.74, 6) is 0.725. The van der Waals surface area contributed by atoms with Gasteiger partial charge in [0.15, 0.2) is 5.82 Å². The Labute approximate surface area is 282 Å². The summed E-state index contributed by atoms with van der Waals surface area (Å²) in [6.07, 6.45) is 6.43. The molecule has 1 aromatic heterocycles. The summed E-state index contributed by atoms with van der Waals surface area (Å²) in [6.45, 7) is 0. The van der Waals surface area contributed by atoms with Crippen LogP contribution < -0.4 is 0 Å². The van der Waals surface area contributed by atoms with Crippen molar-refractivity contribution in [3.63, 3.8) is 0 Å². The third kappa shape index (κ3) is 4.88. The Morgan fingerprint density at radius 2 is 0.875 bits per heavy atom. The van der Waals surface area contributed by atoms with Gasteiger partial charge in [0.25, 0.3) is 0 Å². The van der Waals surface area contributed by atoms with Gasteiger partial charge in [-0.25, -0.2) is 9.97 Å². The minimum atomic E-state index is 0.152. The van der Waals surface area contributed by atoms with Gasteiger partial charge in [-0.05, 0) is 75.5 Å². The van der Waals surface area contributed by atoms with Crippen LogP contribution in [-0.4, -0.2) is 9.97 Å². The highest BCUT2D eigenvalue weighted by molar-refractivity contribution is 5.93. The lowest BCUT2D eigenvalue weighted by Gasteiger charge is -2.36. The van der Waals surface area contributed by atoms with Crippen molar-refractivity contribution < 1.29 is 0 Å². The SMILES string of the molecule is c1ccc(-c2cc(-c3ccccc3)nc(-c3cccc(-c4cccc(-c5cccc6c5-c5ccccc5C65CCCCC5)c4)c3)n2)cc1. The van der Waals surface area contributed by atoms with E-state index in [0.29, 0.717) is 0 Å². The quantitative estimate of drug-likeness (QED) is 0.192. The van der Waals surface area contributed by atoms with Crippen LogP contribution in [0.1, 0.15) is 43.2 Å². The number of benzene rings is 6. The van der Waals surface area contributed by atoms with Crippen LogP contribution in [0.2, 0.25) is 0 Å². The fraction of sp³-hybridized carbons (Fsp3) is 0.130. The zero-order chi connectivity index (χ0) is 31.9. The molecule has 2 aliphatic rings. The molecule has 0 aliphatic heterocycles. The molecule has 0 radical (unpaired) electrons. The molecule has 230 valence electrons. The summed E-state index contributed by atoms with van der Waals surface area (Å²) >= 11 is 0. The summed E-state index contributed by atoms with van der Waals surface area (Å²) in [6, 6.07) is 56.8. The molecule has 2 aliphatic carbocycles. The summed E-state index contributed by atoms with van der Waals surface area (Å²) in [7, 11) is 0. The van der Waals surface area contributed by atoms with Gasteiger partial charge >= 0.3 is 0 Å². The summed E-state index contributed by atoms with van der Waals surface area (Å²) in [5.41, 5.74) is 16.0. The number of hydrogen-bond donors (Lipinski definition) is 0. The van der Waals surface area contributed by atoms with Crippen molar-refractivity contribution >= 4 is 0 Å². The van der Waals surface area contributed by atoms with Gasteiger partial charge < -0.3 is 0 Å². The average molecular weight is 617 g/mol. The normalized spacial score (nSPS) is 14.4. The van der Waals surface area contributed by atoms with E-state index in [0.717, 1.165) is 39.5 Å². The standard InChI is InChI=1S/C46H36N2/c1-4-15-32(16-5-1)42-31-43(33-17-6-2-7-18-33)48-45(47-42)37-22-13-20-35(30-37)34-19-12-21-36(29-34)38-24-14-26-41-44(38)39-23-8-9-25-40(39)46(41)27-10-3-11-28-46/h1-2,4-9,12-26,29-31H,3,10-11,27-28H2. The highest BCUT2D eigenvalue weighted by atomic mass is 14.9. The van der Waals surface area contributed by atoms with Crippen molar-refractivity contribution in [2.75, 3.05) is 0 Å². The minimum absolute atomic E-state index is 0.152. The van der Waals surface area contributed by atoms with Crippen LogP contribution in [0, 0.1) is 0 Å². The topological polar surface area (TPSA) is 25.8 Å². The Hall–Kier alpha value is -5.60. The van der Waals surface area contributed by atoms with E-state index in [1.807, 2.05) is 12.1 Å². The maximum absolute atomic E-state index is 5.09. The molecule has 1 fully saturated rings. The lowest BCUT2D eigenvalue weighted by Crippen LogP contribution is -2.27. The monoisotopic (exact) mass is 616 g/mol. The van der Waals surface area contributed by atoms with Crippen molar-refractivity contribution in [1.29, 1.82) is 0 Å². The Morgan fingerprint density at radius 3 is 1.56 bits per heavy atom. The maximum atomic E-state index is 5.09. The second-order valence-corrected chi connectivity index (χ2v) is 13.3. The molecule has 7 aromatic rings. The Morgan fingerprint density at radius 1 is 0.375 bits per heavy atom. The zero-order valence-corrected chi connectivity index (χ0v) is 26.9. The van der Waals surface area contributed by atoms with Gasteiger partial charge in [0.1, 0.15) is 0 Å². The van der Waals surface area contributed by atoms with Gasteiger partial charge in [-0.15, -0.1) is 0 Å². The number of aromatic nitrogens is 2. The number of fused-ring (bicyclic) bond motifs is 5. The fourth-order valence-electron chi connectivity index (χ4n) is 8.23. The molecule has 1 saturated carbocycles. The van der Waals surface area contributed by atoms with E-state index in [9.17, 15) is 0 Å². The van der Waals surface area contributed by atoms with Gasteiger partial charge in [-0.3, -0.25) is 0 Å². The molecule has 48 heavy (non-hydrogen) atoms. The molecule has 6 aromatic carbocycles. The predicted octanol–water partition coefficient (Wildman–Crippen LogP) is 12.0. The molecule has 0 bridgehead atoms. The molecule has 1 heterocycles. The van der Waals surface area contributed by atoms with Crippen LogP contribution in [0.3, 0.4) is 0 Å². The number of hydrogen-bond acceptors (Lipinski definition) is 2.